The largest absolute Gasteiger partial charge is 0.481 e. The monoisotopic (exact) mass is 1060 g/mol. The Balaban J connectivity index is 1.29. The number of nitrogens with one attached hydrogen (secondary N) is 2. The molecule has 390 valence electrons. The van der Waals surface area contributed by atoms with Gasteiger partial charge in [-0.1, -0.05) is 94.7 Å². The predicted octanol–water partition coefficient (Wildman–Crippen LogP) is 5.03. The average molecular weight is 1060 g/mol. The number of imidazole rings is 1. The smallest absolute Gasteiger partial charge is 0.386 e. The molecule has 3 rings (SSSR count). The van der Waals surface area contributed by atoms with Crippen molar-refractivity contribution in [2.75, 3.05) is 37.8 Å². The third kappa shape index (κ3) is 22.8. The first kappa shape index (κ1) is 60.1. The van der Waals surface area contributed by atoms with E-state index in [0.29, 0.717) is 12.2 Å². The second-order valence-electron chi connectivity index (χ2n) is 16.6. The van der Waals surface area contributed by atoms with Gasteiger partial charge in [0.2, 0.25) is 11.8 Å². The zero-order valence-electron chi connectivity index (χ0n) is 39.0. The Labute approximate surface area is 405 Å². The number of amides is 2. The van der Waals surface area contributed by atoms with E-state index in [4.69, 9.17) is 19.5 Å². The third-order valence-electron chi connectivity index (χ3n) is 10.3. The standard InChI is InChI=1S/C41H68N7O17P3S/c1-4-5-6-7-8-9-10-11-12-13-14-15-16-17-18-19-20-21-32(50)69-25-24-43-31(49)22-23-44-39(53)36(52)41(2,3)27-62-68(59,60)65-67(57,58)61-26-30-35(64-66(54,55)56)34(51)40(63-30)48-29-47-33-37(42)45-28-46-38(33)48/h8-9,11-12,14-15,28-30,34-36,40,51-52H,4-7,10,13,16-27H2,1-3H3,(H,43,49)(H,44,53)(H,57,58)(H,59,60)(H2,42,45,46)(H2,54,55,56)/b9-8+,12-11+,15-14+. The summed E-state index contributed by atoms with van der Waals surface area (Å²) >= 11 is 1.14. The van der Waals surface area contributed by atoms with Gasteiger partial charge in [-0.3, -0.25) is 32.5 Å². The molecule has 7 unspecified atom stereocenters. The summed E-state index contributed by atoms with van der Waals surface area (Å²) in [5.74, 6) is -1.05. The number of nitrogens with two attached hydrogens (primary N) is 1. The van der Waals surface area contributed by atoms with Crippen LogP contribution in [0.3, 0.4) is 0 Å². The molecule has 0 aliphatic carbocycles. The molecule has 3 heterocycles. The molecule has 2 amide bonds. The molecule has 7 atom stereocenters. The summed E-state index contributed by atoms with van der Waals surface area (Å²) < 4.78 is 62.4. The Morgan fingerprint density at radius 3 is 2.19 bits per heavy atom. The van der Waals surface area contributed by atoms with E-state index in [2.05, 4.69) is 77.8 Å². The fourth-order valence-electron chi connectivity index (χ4n) is 6.54. The van der Waals surface area contributed by atoms with Gasteiger partial charge in [0.25, 0.3) is 0 Å². The number of allylic oxidation sites excluding steroid dienone is 6. The molecule has 10 N–H and O–H groups in total. The molecule has 24 nitrogen and oxygen atoms in total. The molecule has 0 saturated carbocycles. The lowest BCUT2D eigenvalue weighted by Gasteiger charge is -2.30. The van der Waals surface area contributed by atoms with Crippen LogP contribution in [0.25, 0.3) is 11.2 Å². The minimum atomic E-state index is -5.58. The summed E-state index contributed by atoms with van der Waals surface area (Å²) in [4.78, 5) is 88.4. The molecule has 1 saturated heterocycles. The van der Waals surface area contributed by atoms with E-state index >= 15 is 0 Å². The molecule has 1 fully saturated rings. The lowest BCUT2D eigenvalue weighted by Crippen LogP contribution is -2.46. The molecule has 0 aromatic carbocycles. The Hall–Kier alpha value is -3.22. The molecule has 28 heteroatoms. The number of hydrogen-bond acceptors (Lipinski definition) is 18. The summed E-state index contributed by atoms with van der Waals surface area (Å²) in [6.07, 6.45) is 18.5. The summed E-state index contributed by atoms with van der Waals surface area (Å²) in [6, 6.07) is 0. The van der Waals surface area contributed by atoms with Gasteiger partial charge in [-0.25, -0.2) is 28.6 Å². The average Bonchev–Trinajstić information content (AvgIpc) is 3.84. The Morgan fingerprint density at radius 2 is 1.52 bits per heavy atom. The zero-order valence-corrected chi connectivity index (χ0v) is 42.5. The van der Waals surface area contributed by atoms with Gasteiger partial charge in [-0.2, -0.15) is 4.31 Å². The number of phosphoric acid groups is 3. The van der Waals surface area contributed by atoms with Crippen molar-refractivity contribution in [3.05, 3.63) is 49.1 Å². The maximum Gasteiger partial charge on any atom is 0.481 e. The fourth-order valence-corrected chi connectivity index (χ4v) is 10.1. The van der Waals surface area contributed by atoms with Crippen LogP contribution in [0, 0.1) is 5.41 Å². The van der Waals surface area contributed by atoms with Crippen molar-refractivity contribution in [3.8, 4) is 0 Å². The number of aliphatic hydroxyl groups is 2. The number of fused-ring (bicyclic) bond motifs is 1. The number of nitrogen functional groups attached to an aromatic ring is 1. The van der Waals surface area contributed by atoms with Gasteiger partial charge in [0.1, 0.15) is 36.3 Å². The quantitative estimate of drug-likeness (QED) is 0.0252. The van der Waals surface area contributed by atoms with E-state index in [0.717, 1.165) is 80.4 Å². The number of anilines is 1. The van der Waals surface area contributed by atoms with E-state index in [1.807, 2.05) is 0 Å². The van der Waals surface area contributed by atoms with Gasteiger partial charge in [-0.05, 0) is 44.9 Å². The lowest BCUT2D eigenvalue weighted by molar-refractivity contribution is -0.137. The molecule has 69 heavy (non-hydrogen) atoms. The van der Waals surface area contributed by atoms with Crippen molar-refractivity contribution in [1.29, 1.82) is 0 Å². The van der Waals surface area contributed by atoms with Crippen molar-refractivity contribution >= 4 is 69.1 Å². The first-order valence-electron chi connectivity index (χ1n) is 22.6. The molecular weight excluding hydrogens is 987 g/mol. The zero-order chi connectivity index (χ0) is 51.1. The van der Waals surface area contributed by atoms with Crippen molar-refractivity contribution in [2.24, 2.45) is 5.41 Å². The van der Waals surface area contributed by atoms with Crippen LogP contribution in [0.4, 0.5) is 5.82 Å². The highest BCUT2D eigenvalue weighted by atomic mass is 32.2. The van der Waals surface area contributed by atoms with E-state index in [1.165, 1.54) is 33.1 Å². The number of thioether (sulfide) groups is 1. The van der Waals surface area contributed by atoms with Crippen LogP contribution in [0.5, 0.6) is 0 Å². The predicted molar refractivity (Wildman–Crippen MR) is 256 cm³/mol. The number of rotatable bonds is 34. The number of aliphatic hydroxyl groups excluding tert-OH is 2. The van der Waals surface area contributed by atoms with Crippen LogP contribution < -0.4 is 16.4 Å². The van der Waals surface area contributed by atoms with E-state index < -0.39 is 84.6 Å². The molecular formula is C41H68N7O17P3S. The number of hydrogen-bond donors (Lipinski definition) is 9. The van der Waals surface area contributed by atoms with Gasteiger partial charge in [0, 0.05) is 37.1 Å². The summed E-state index contributed by atoms with van der Waals surface area (Å²) in [6.45, 7) is 2.75. The number of phosphoric ester groups is 3. The highest BCUT2D eigenvalue weighted by Gasteiger charge is 2.50. The maximum atomic E-state index is 12.7. The molecule has 2 aromatic heterocycles. The maximum absolute atomic E-state index is 12.7. The number of nitrogens with zero attached hydrogens (tertiary/aromatic N) is 4. The molecule has 0 radical (unpaired) electrons. The molecule has 0 bridgehead atoms. The molecule has 1 aliphatic rings. The summed E-state index contributed by atoms with van der Waals surface area (Å²) in [5.41, 5.74) is 4.28. The van der Waals surface area contributed by atoms with Gasteiger partial charge in [-0.15, -0.1) is 0 Å². The van der Waals surface area contributed by atoms with E-state index in [1.54, 1.807) is 0 Å². The second kappa shape index (κ2) is 30.0. The molecule has 0 spiro atoms. The van der Waals surface area contributed by atoms with Gasteiger partial charge in [0.05, 0.1) is 19.5 Å². The van der Waals surface area contributed by atoms with Crippen LogP contribution in [-0.2, 0) is 50.7 Å². The highest BCUT2D eigenvalue weighted by molar-refractivity contribution is 8.13. The second-order valence-corrected chi connectivity index (χ2v) is 22.0. The minimum absolute atomic E-state index is 0.0317. The van der Waals surface area contributed by atoms with Crippen molar-refractivity contribution in [3.63, 3.8) is 0 Å². The lowest BCUT2D eigenvalue weighted by atomic mass is 9.87. The first-order valence-corrected chi connectivity index (χ1v) is 28.1. The van der Waals surface area contributed by atoms with Crippen LogP contribution >= 0.6 is 35.2 Å². The number of carbonyl (C=O) groups is 3. The van der Waals surface area contributed by atoms with Crippen molar-refractivity contribution in [2.45, 2.75) is 135 Å². The van der Waals surface area contributed by atoms with Crippen LogP contribution in [0.2, 0.25) is 0 Å². The number of ether oxygens (including phenoxy) is 1. The van der Waals surface area contributed by atoms with Crippen LogP contribution in [0.1, 0.15) is 110 Å². The Morgan fingerprint density at radius 1 is 0.884 bits per heavy atom. The van der Waals surface area contributed by atoms with Crippen molar-refractivity contribution in [1.82, 2.24) is 30.2 Å². The minimum Gasteiger partial charge on any atom is -0.386 e. The fraction of sp³-hybridized carbons (Fsp3) is 0.659. The van der Waals surface area contributed by atoms with Crippen molar-refractivity contribution < 1.29 is 80.5 Å². The Kier molecular flexibility index (Phi) is 26.1. The van der Waals surface area contributed by atoms with Crippen LogP contribution in [0.15, 0.2) is 49.1 Å². The SMILES string of the molecule is CCCCC/C=C/C/C=C/C/C=C/CCCCCCC(=O)SCCNC(=O)CCNC(=O)C(O)C(C)(C)COP(=O)(O)OP(=O)(O)OCC1OC(n2cnc3c(N)ncnc32)C(O)C1OP(=O)(O)O. The first-order chi connectivity index (χ1) is 32.6. The number of aromatic nitrogens is 4. The normalized spacial score (nSPS) is 20.2. The molecule has 2 aromatic rings. The molecule has 1 aliphatic heterocycles. The summed E-state index contributed by atoms with van der Waals surface area (Å²) in [5, 5.41) is 26.6. The van der Waals surface area contributed by atoms with E-state index in [9.17, 15) is 57.9 Å². The Bertz CT molecular complexity index is 2170. The number of carbonyl (C=O) groups excluding carboxylic acids is 3. The van der Waals surface area contributed by atoms with Gasteiger partial charge < -0.3 is 50.9 Å². The van der Waals surface area contributed by atoms with E-state index in [-0.39, 0.29) is 41.6 Å². The third-order valence-corrected chi connectivity index (χ3v) is 14.3. The van der Waals surface area contributed by atoms with Crippen LogP contribution in [-0.4, -0.2) is 123 Å². The summed E-state index contributed by atoms with van der Waals surface area (Å²) in [7, 11) is -16.4. The van der Waals surface area contributed by atoms with Gasteiger partial charge >= 0.3 is 23.5 Å². The highest BCUT2D eigenvalue weighted by Crippen LogP contribution is 2.61. The topological polar surface area (TPSA) is 364 Å². The van der Waals surface area contributed by atoms with Gasteiger partial charge in [0.15, 0.2) is 22.8 Å². The number of unbranched alkanes of at least 4 members (excludes halogenated alkanes) is 7.